The van der Waals surface area contributed by atoms with E-state index in [-0.39, 0.29) is 18.2 Å². The molecule has 4 atom stereocenters. The Bertz CT molecular complexity index is 1110. The number of nitrogens with one attached hydrogen (secondary N) is 2. The van der Waals surface area contributed by atoms with E-state index in [0.29, 0.717) is 31.7 Å². The van der Waals surface area contributed by atoms with Crippen molar-refractivity contribution < 1.29 is 19.2 Å². The van der Waals surface area contributed by atoms with Crippen LogP contribution in [0.2, 0.25) is 0 Å². The molecule has 0 aromatic heterocycles. The van der Waals surface area contributed by atoms with Gasteiger partial charge in [-0.05, 0) is 54.4 Å². The molecule has 2 aliphatic rings. The molecule has 0 radical (unpaired) electrons. The molecule has 0 bridgehead atoms. The Labute approximate surface area is 205 Å². The largest absolute Gasteiger partial charge is 0.369 e. The molecule has 8 heteroatoms. The third-order valence-corrected chi connectivity index (χ3v) is 7.37. The van der Waals surface area contributed by atoms with Crippen LogP contribution >= 0.6 is 0 Å². The zero-order valence-electron chi connectivity index (χ0n) is 19.9. The summed E-state index contributed by atoms with van der Waals surface area (Å²) in [6.07, 6.45) is 4.47. The summed E-state index contributed by atoms with van der Waals surface area (Å²) >= 11 is 0. The van der Waals surface area contributed by atoms with Crippen LogP contribution in [-0.4, -0.2) is 36.2 Å². The normalized spacial score (nSPS) is 20.5. The lowest BCUT2D eigenvalue weighted by Gasteiger charge is -2.29. The Hall–Kier alpha value is -3.42. The molecular formula is C27H34N4O4. The molecule has 1 unspecified atom stereocenters. The topological polar surface area (TPSA) is 144 Å². The molecule has 8 nitrogen and oxygen atoms in total. The highest BCUT2D eigenvalue weighted by Crippen LogP contribution is 2.39. The maximum absolute atomic E-state index is 13.5. The smallest absolute Gasteiger partial charge is 0.240 e. The van der Waals surface area contributed by atoms with E-state index < -0.39 is 35.6 Å². The molecule has 4 rings (SSSR count). The molecule has 1 aliphatic heterocycles. The highest BCUT2D eigenvalue weighted by molar-refractivity contribution is 5.92. The number of hydrogen-bond acceptors (Lipinski definition) is 4. The summed E-state index contributed by atoms with van der Waals surface area (Å²) in [6, 6.07) is 12.8. The van der Waals surface area contributed by atoms with Gasteiger partial charge in [0.15, 0.2) is 0 Å². The molecule has 1 saturated carbocycles. The minimum atomic E-state index is -0.982. The second kappa shape index (κ2) is 10.9. The van der Waals surface area contributed by atoms with E-state index in [4.69, 9.17) is 11.5 Å². The molecule has 2 aromatic carbocycles. The standard InChI is InChI=1S/C27H34N4O4/c28-24(32)21(14-18-7-3-6-17-5-1-2-9-20(17)18)22(13-16-10-11-16)27(35)31-23(25(29)33)15-19-8-4-12-30-26(19)34/h1-3,5-7,9,16,19,21-23H,4,8,10-15H2,(H2,28,32)(H2,29,33)(H,30,34)(H,31,35)/t19-,21?,22-,23-/m0/s1. The van der Waals surface area contributed by atoms with Crippen molar-refractivity contribution in [2.75, 3.05) is 6.54 Å². The van der Waals surface area contributed by atoms with Crippen molar-refractivity contribution in [2.24, 2.45) is 35.1 Å². The maximum Gasteiger partial charge on any atom is 0.240 e. The first-order valence-corrected chi connectivity index (χ1v) is 12.5. The van der Waals surface area contributed by atoms with Crippen molar-refractivity contribution in [1.29, 1.82) is 0 Å². The van der Waals surface area contributed by atoms with Gasteiger partial charge in [-0.2, -0.15) is 0 Å². The summed E-state index contributed by atoms with van der Waals surface area (Å²) in [4.78, 5) is 50.6. The van der Waals surface area contributed by atoms with E-state index >= 15 is 0 Å². The minimum absolute atomic E-state index is 0.128. The quantitative estimate of drug-likeness (QED) is 0.390. The number of rotatable bonds is 11. The predicted molar refractivity (Wildman–Crippen MR) is 133 cm³/mol. The second-order valence-corrected chi connectivity index (χ2v) is 9.97. The van der Waals surface area contributed by atoms with E-state index in [9.17, 15) is 19.2 Å². The molecule has 186 valence electrons. The maximum atomic E-state index is 13.5. The fourth-order valence-electron chi connectivity index (χ4n) is 5.19. The van der Waals surface area contributed by atoms with Gasteiger partial charge in [-0.3, -0.25) is 19.2 Å². The van der Waals surface area contributed by atoms with Gasteiger partial charge in [0.1, 0.15) is 6.04 Å². The second-order valence-electron chi connectivity index (χ2n) is 9.97. The van der Waals surface area contributed by atoms with E-state index in [1.165, 1.54) is 0 Å². The summed E-state index contributed by atoms with van der Waals surface area (Å²) in [5.41, 5.74) is 12.4. The first-order chi connectivity index (χ1) is 16.8. The van der Waals surface area contributed by atoms with Gasteiger partial charge in [0.2, 0.25) is 23.6 Å². The number of carbonyl (C=O) groups excluding carboxylic acids is 4. The number of amides is 4. The lowest BCUT2D eigenvalue weighted by molar-refractivity contribution is -0.136. The third-order valence-electron chi connectivity index (χ3n) is 7.37. The van der Waals surface area contributed by atoms with Gasteiger partial charge in [0.25, 0.3) is 0 Å². The molecule has 1 saturated heterocycles. The zero-order valence-corrected chi connectivity index (χ0v) is 19.9. The molecule has 1 heterocycles. The van der Waals surface area contributed by atoms with Gasteiger partial charge in [-0.25, -0.2) is 0 Å². The van der Waals surface area contributed by atoms with Crippen LogP contribution in [0.3, 0.4) is 0 Å². The van der Waals surface area contributed by atoms with Crippen LogP contribution in [-0.2, 0) is 25.6 Å². The van der Waals surface area contributed by atoms with Crippen LogP contribution < -0.4 is 22.1 Å². The summed E-state index contributed by atoms with van der Waals surface area (Å²) < 4.78 is 0. The number of fused-ring (bicyclic) bond motifs is 1. The van der Waals surface area contributed by atoms with Crippen LogP contribution in [0, 0.1) is 23.7 Å². The SMILES string of the molecule is NC(=O)C(Cc1cccc2ccccc12)[C@H](CC1CC1)C(=O)N[C@@H](C[C@@H]1CCCNC1=O)C(N)=O. The van der Waals surface area contributed by atoms with Crippen molar-refractivity contribution in [2.45, 2.75) is 51.0 Å². The third kappa shape index (κ3) is 6.18. The van der Waals surface area contributed by atoms with Crippen molar-refractivity contribution in [3.8, 4) is 0 Å². The zero-order chi connectivity index (χ0) is 24.9. The molecule has 2 fully saturated rings. The number of carbonyl (C=O) groups is 4. The molecule has 6 N–H and O–H groups in total. The van der Waals surface area contributed by atoms with Crippen LogP contribution in [0.1, 0.15) is 44.1 Å². The van der Waals surface area contributed by atoms with Gasteiger partial charge in [-0.15, -0.1) is 0 Å². The van der Waals surface area contributed by atoms with Gasteiger partial charge in [0.05, 0.1) is 11.8 Å². The highest BCUT2D eigenvalue weighted by Gasteiger charge is 2.39. The van der Waals surface area contributed by atoms with Crippen molar-refractivity contribution >= 4 is 34.4 Å². The summed E-state index contributed by atoms with van der Waals surface area (Å²) in [7, 11) is 0. The molecule has 0 spiro atoms. The number of benzene rings is 2. The minimum Gasteiger partial charge on any atom is -0.369 e. The van der Waals surface area contributed by atoms with E-state index in [1.54, 1.807) is 0 Å². The Kier molecular flexibility index (Phi) is 7.68. The van der Waals surface area contributed by atoms with Crippen LogP contribution in [0.4, 0.5) is 0 Å². The van der Waals surface area contributed by atoms with Crippen molar-refractivity contribution in [3.63, 3.8) is 0 Å². The molecule has 4 amide bonds. The fraction of sp³-hybridized carbons (Fsp3) is 0.481. The van der Waals surface area contributed by atoms with Gasteiger partial charge in [-0.1, -0.05) is 55.3 Å². The van der Waals surface area contributed by atoms with Gasteiger partial charge < -0.3 is 22.1 Å². The summed E-state index contributed by atoms with van der Waals surface area (Å²) in [5, 5.41) is 7.64. The molecule has 2 aromatic rings. The molecular weight excluding hydrogens is 444 g/mol. The Balaban J connectivity index is 1.55. The van der Waals surface area contributed by atoms with Crippen LogP contribution in [0.25, 0.3) is 10.8 Å². The monoisotopic (exact) mass is 478 g/mol. The lowest BCUT2D eigenvalue weighted by atomic mass is 9.81. The molecule has 1 aliphatic carbocycles. The van der Waals surface area contributed by atoms with Gasteiger partial charge in [0, 0.05) is 12.5 Å². The number of piperidine rings is 1. The average Bonchev–Trinajstić information content (AvgIpc) is 3.66. The average molecular weight is 479 g/mol. The summed E-state index contributed by atoms with van der Waals surface area (Å²) in [6.45, 7) is 0.612. The first kappa shape index (κ1) is 24.7. The van der Waals surface area contributed by atoms with Gasteiger partial charge >= 0.3 is 0 Å². The molecule has 35 heavy (non-hydrogen) atoms. The van der Waals surface area contributed by atoms with E-state index in [1.807, 2.05) is 42.5 Å². The van der Waals surface area contributed by atoms with Crippen molar-refractivity contribution in [3.05, 3.63) is 48.0 Å². The van der Waals surface area contributed by atoms with E-state index in [2.05, 4.69) is 10.6 Å². The first-order valence-electron chi connectivity index (χ1n) is 12.5. The highest BCUT2D eigenvalue weighted by atomic mass is 16.2. The van der Waals surface area contributed by atoms with Crippen molar-refractivity contribution in [1.82, 2.24) is 10.6 Å². The Morgan fingerprint density at radius 3 is 2.37 bits per heavy atom. The lowest BCUT2D eigenvalue weighted by Crippen LogP contribution is -2.51. The van der Waals surface area contributed by atoms with Crippen LogP contribution in [0.15, 0.2) is 42.5 Å². The number of nitrogens with two attached hydrogens (primary N) is 2. The van der Waals surface area contributed by atoms with E-state index in [0.717, 1.165) is 35.6 Å². The Morgan fingerprint density at radius 1 is 0.943 bits per heavy atom. The fourth-order valence-corrected chi connectivity index (χ4v) is 5.19. The predicted octanol–water partition coefficient (Wildman–Crippen LogP) is 1.79. The number of hydrogen-bond donors (Lipinski definition) is 4. The summed E-state index contributed by atoms with van der Waals surface area (Å²) in [5.74, 6) is -3.19. The Morgan fingerprint density at radius 2 is 1.69 bits per heavy atom. The van der Waals surface area contributed by atoms with Crippen LogP contribution in [0.5, 0.6) is 0 Å². The number of primary amides is 2.